The molecule has 0 N–H and O–H groups in total. The van der Waals surface area contributed by atoms with Gasteiger partial charge < -0.3 is 8.94 Å². The number of aromatic nitrogens is 3. The van der Waals surface area contributed by atoms with E-state index in [1.165, 1.54) is 4.57 Å². The van der Waals surface area contributed by atoms with Crippen LogP contribution in [0.25, 0.3) is 33.9 Å². The second-order valence-electron chi connectivity index (χ2n) is 7.30. The fourth-order valence-electron chi connectivity index (χ4n) is 3.41. The molecule has 160 valence electrons. The number of hydrogen-bond acceptors (Lipinski definition) is 7. The average molecular weight is 447 g/mol. The van der Waals surface area contributed by atoms with Crippen LogP contribution in [0, 0.1) is 0 Å². The Morgan fingerprint density at radius 1 is 0.938 bits per heavy atom. The summed E-state index contributed by atoms with van der Waals surface area (Å²) in [6, 6.07) is 20.5. The highest BCUT2D eigenvalue weighted by molar-refractivity contribution is 7.90. The van der Waals surface area contributed by atoms with Crippen LogP contribution in [-0.4, -0.2) is 23.1 Å². The summed E-state index contributed by atoms with van der Waals surface area (Å²) in [4.78, 5) is 16.4. The maximum absolute atomic E-state index is 12.6. The monoisotopic (exact) mass is 447 g/mol. The van der Waals surface area contributed by atoms with Gasteiger partial charge in [-0.1, -0.05) is 35.5 Å². The molecule has 9 heteroatoms. The summed E-state index contributed by atoms with van der Waals surface area (Å²) in [6.45, 7) is 0. The van der Waals surface area contributed by atoms with E-state index >= 15 is 0 Å². The molecule has 0 aliphatic heterocycles. The zero-order valence-corrected chi connectivity index (χ0v) is 17.7. The lowest BCUT2D eigenvalue weighted by Gasteiger charge is -2.05. The molecule has 0 spiro atoms. The first kappa shape index (κ1) is 20.0. The van der Waals surface area contributed by atoms with E-state index in [0.29, 0.717) is 39.5 Å². The number of hydrogen-bond donors (Lipinski definition) is 0. The number of fused-ring (bicyclic) bond motifs is 1. The average Bonchev–Trinajstić information content (AvgIpc) is 3.40. The van der Waals surface area contributed by atoms with Gasteiger partial charge in [0.1, 0.15) is 0 Å². The minimum absolute atomic E-state index is 0.103. The van der Waals surface area contributed by atoms with Gasteiger partial charge in [-0.15, -0.1) is 0 Å². The summed E-state index contributed by atoms with van der Waals surface area (Å²) in [6.07, 6.45) is 0. The largest absolute Gasteiger partial charge is 0.419 e. The SMILES string of the molecule is Cn1c(=O)oc2cc(-c3noc(-c4ccc(CS(=O)(=O)c5ccccc5)cc4)n3)ccc21. The van der Waals surface area contributed by atoms with Gasteiger partial charge in [-0.3, -0.25) is 4.57 Å². The normalized spacial score (nSPS) is 11.8. The Morgan fingerprint density at radius 2 is 1.66 bits per heavy atom. The Hall–Kier alpha value is -3.98. The Labute approximate surface area is 182 Å². The lowest BCUT2D eigenvalue weighted by Crippen LogP contribution is -2.08. The van der Waals surface area contributed by atoms with Crippen molar-refractivity contribution in [3.8, 4) is 22.8 Å². The molecule has 5 aromatic rings. The summed E-state index contributed by atoms with van der Waals surface area (Å²) in [5.41, 5.74) is 3.07. The lowest BCUT2D eigenvalue weighted by molar-refractivity contribution is 0.432. The predicted molar refractivity (Wildman–Crippen MR) is 118 cm³/mol. The molecule has 0 fully saturated rings. The standard InChI is InChI=1S/C23H17N3O5S/c1-26-19-12-11-17(13-20(19)30-23(26)27)21-24-22(31-25-21)16-9-7-15(8-10-16)14-32(28,29)18-5-3-2-4-6-18/h2-13H,14H2,1H3. The first-order chi connectivity index (χ1) is 15.4. The maximum atomic E-state index is 12.6. The maximum Gasteiger partial charge on any atom is 0.419 e. The third-order valence-corrected chi connectivity index (χ3v) is 6.84. The topological polar surface area (TPSA) is 108 Å². The van der Waals surface area contributed by atoms with Gasteiger partial charge in [-0.05, 0) is 48.0 Å². The molecule has 8 nitrogen and oxygen atoms in total. The van der Waals surface area contributed by atoms with Crippen molar-refractivity contribution in [2.45, 2.75) is 10.6 Å². The molecular weight excluding hydrogens is 430 g/mol. The smallest absolute Gasteiger partial charge is 0.408 e. The van der Waals surface area contributed by atoms with Crippen molar-refractivity contribution in [3.05, 3.63) is 88.9 Å². The van der Waals surface area contributed by atoms with Gasteiger partial charge in [0.05, 0.1) is 16.2 Å². The van der Waals surface area contributed by atoms with Gasteiger partial charge in [0, 0.05) is 18.2 Å². The van der Waals surface area contributed by atoms with E-state index in [1.807, 2.05) is 0 Å². The molecule has 32 heavy (non-hydrogen) atoms. The first-order valence-corrected chi connectivity index (χ1v) is 11.4. The Morgan fingerprint density at radius 3 is 2.41 bits per heavy atom. The number of sulfone groups is 1. The fourth-order valence-corrected chi connectivity index (χ4v) is 4.77. The molecule has 0 amide bonds. The summed E-state index contributed by atoms with van der Waals surface area (Å²) >= 11 is 0. The molecule has 2 aromatic heterocycles. The van der Waals surface area contributed by atoms with Crippen molar-refractivity contribution in [2.24, 2.45) is 7.05 Å². The van der Waals surface area contributed by atoms with Crippen LogP contribution in [-0.2, 0) is 22.6 Å². The molecule has 0 saturated heterocycles. The molecule has 5 rings (SSSR count). The van der Waals surface area contributed by atoms with Gasteiger partial charge >= 0.3 is 5.76 Å². The third kappa shape index (κ3) is 3.63. The van der Waals surface area contributed by atoms with Crippen LogP contribution in [0.4, 0.5) is 0 Å². The number of rotatable bonds is 5. The summed E-state index contributed by atoms with van der Waals surface area (Å²) < 4.78 is 37.1. The molecule has 0 saturated carbocycles. The molecule has 3 aromatic carbocycles. The number of nitrogens with zero attached hydrogens (tertiary/aromatic N) is 3. The van der Waals surface area contributed by atoms with Crippen molar-refractivity contribution in [3.63, 3.8) is 0 Å². The zero-order valence-electron chi connectivity index (χ0n) is 16.9. The lowest BCUT2D eigenvalue weighted by atomic mass is 10.1. The van der Waals surface area contributed by atoms with E-state index in [-0.39, 0.29) is 10.6 Å². The van der Waals surface area contributed by atoms with Gasteiger partial charge in [-0.2, -0.15) is 4.98 Å². The van der Waals surface area contributed by atoms with Crippen molar-refractivity contribution < 1.29 is 17.4 Å². The van der Waals surface area contributed by atoms with Crippen LogP contribution in [0.3, 0.4) is 0 Å². The molecule has 0 aliphatic carbocycles. The summed E-state index contributed by atoms with van der Waals surface area (Å²) in [7, 11) is -1.79. The van der Waals surface area contributed by atoms with E-state index in [4.69, 9.17) is 8.94 Å². The number of oxazole rings is 1. The van der Waals surface area contributed by atoms with E-state index in [2.05, 4.69) is 10.1 Å². The summed E-state index contributed by atoms with van der Waals surface area (Å²) in [5.74, 6) is 0.103. The second-order valence-corrected chi connectivity index (χ2v) is 9.29. The van der Waals surface area contributed by atoms with Crippen molar-refractivity contribution in [1.82, 2.24) is 14.7 Å². The number of benzene rings is 3. The van der Waals surface area contributed by atoms with Crippen LogP contribution in [0.15, 0.2) is 91.4 Å². The molecule has 2 heterocycles. The Balaban J connectivity index is 1.38. The van der Waals surface area contributed by atoms with Crippen molar-refractivity contribution in [2.75, 3.05) is 0 Å². The van der Waals surface area contributed by atoms with Crippen LogP contribution in [0.5, 0.6) is 0 Å². The molecule has 0 atom stereocenters. The third-order valence-electron chi connectivity index (χ3n) is 5.14. The highest BCUT2D eigenvalue weighted by Gasteiger charge is 2.16. The Bertz CT molecular complexity index is 1580. The van der Waals surface area contributed by atoms with Gasteiger partial charge in [0.2, 0.25) is 5.82 Å². The van der Waals surface area contributed by atoms with E-state index < -0.39 is 15.6 Å². The minimum Gasteiger partial charge on any atom is -0.408 e. The minimum atomic E-state index is -3.43. The van der Waals surface area contributed by atoms with Gasteiger partial charge in [0.15, 0.2) is 15.4 Å². The molecule has 0 radical (unpaired) electrons. The molecule has 0 unspecified atom stereocenters. The Kier molecular flexibility index (Phi) is 4.75. The van der Waals surface area contributed by atoms with Gasteiger partial charge in [-0.25, -0.2) is 13.2 Å². The highest BCUT2D eigenvalue weighted by Crippen LogP contribution is 2.26. The van der Waals surface area contributed by atoms with E-state index in [1.54, 1.807) is 79.8 Å². The van der Waals surface area contributed by atoms with Crippen LogP contribution >= 0.6 is 0 Å². The quantitative estimate of drug-likeness (QED) is 0.403. The highest BCUT2D eigenvalue weighted by atomic mass is 32.2. The molecule has 0 bridgehead atoms. The van der Waals surface area contributed by atoms with E-state index in [9.17, 15) is 13.2 Å². The van der Waals surface area contributed by atoms with Crippen LogP contribution < -0.4 is 5.76 Å². The first-order valence-electron chi connectivity index (χ1n) is 9.71. The van der Waals surface area contributed by atoms with E-state index in [0.717, 1.165) is 0 Å². The second kappa shape index (κ2) is 7.61. The van der Waals surface area contributed by atoms with Crippen LogP contribution in [0.2, 0.25) is 0 Å². The fraction of sp³-hybridized carbons (Fsp3) is 0.0870. The summed E-state index contributed by atoms with van der Waals surface area (Å²) in [5, 5.41) is 4.01. The predicted octanol–water partition coefficient (Wildman–Crippen LogP) is 3.82. The zero-order chi connectivity index (χ0) is 22.3. The number of aryl methyl sites for hydroxylation is 1. The van der Waals surface area contributed by atoms with Crippen molar-refractivity contribution in [1.29, 1.82) is 0 Å². The van der Waals surface area contributed by atoms with Crippen molar-refractivity contribution >= 4 is 20.9 Å². The van der Waals surface area contributed by atoms with Crippen LogP contribution in [0.1, 0.15) is 5.56 Å². The molecular formula is C23H17N3O5S. The van der Waals surface area contributed by atoms with Gasteiger partial charge in [0.25, 0.3) is 5.89 Å². The molecule has 0 aliphatic rings.